The Hall–Kier alpha value is -3.30. The van der Waals surface area contributed by atoms with E-state index in [1.807, 2.05) is 0 Å². The van der Waals surface area contributed by atoms with Crippen molar-refractivity contribution in [3.63, 3.8) is 0 Å². The molecular weight excluding hydrogens is 611 g/mol. The number of amides is 3. The molecule has 2 aliphatic rings. The van der Waals surface area contributed by atoms with Crippen LogP contribution in [-0.4, -0.2) is 37.4 Å². The summed E-state index contributed by atoms with van der Waals surface area (Å²) < 4.78 is 5.78. The van der Waals surface area contributed by atoms with Crippen LogP contribution in [0.25, 0.3) is 0 Å². The van der Waals surface area contributed by atoms with Crippen LogP contribution in [0.4, 0.5) is 11.4 Å². The number of ether oxygens (including phenoxy) is 1. The number of hydrogen-bond donors (Lipinski definition) is 3. The van der Waals surface area contributed by atoms with Crippen LogP contribution < -0.4 is 26.0 Å². The minimum atomic E-state index is -0.756. The summed E-state index contributed by atoms with van der Waals surface area (Å²) in [5.74, 6) is 0.341. The second-order valence-corrected chi connectivity index (χ2v) is 12.3. The number of carbonyl (C=O) groups is 3. The molecule has 1 fully saturated rings. The van der Waals surface area contributed by atoms with E-state index in [0.29, 0.717) is 68.2 Å². The predicted molar refractivity (Wildman–Crippen MR) is 170 cm³/mol. The monoisotopic (exact) mass is 642 g/mol. The summed E-state index contributed by atoms with van der Waals surface area (Å²) in [4.78, 5) is 41.7. The van der Waals surface area contributed by atoms with Crippen LogP contribution in [0, 0.1) is 11.8 Å². The number of nitrogens with two attached hydrogens (primary N) is 1. The van der Waals surface area contributed by atoms with Crippen LogP contribution in [0.3, 0.4) is 0 Å². The van der Waals surface area contributed by atoms with Crippen LogP contribution in [-0.2, 0) is 9.59 Å². The first-order chi connectivity index (χ1) is 20.7. The van der Waals surface area contributed by atoms with Gasteiger partial charge in [-0.25, -0.2) is 0 Å². The van der Waals surface area contributed by atoms with E-state index in [0.717, 1.165) is 25.7 Å². The van der Waals surface area contributed by atoms with E-state index in [1.54, 1.807) is 60.7 Å². The summed E-state index contributed by atoms with van der Waals surface area (Å²) in [6.45, 7) is 0.907. The average molecular weight is 644 g/mol. The van der Waals surface area contributed by atoms with E-state index in [1.165, 1.54) is 4.90 Å². The van der Waals surface area contributed by atoms with Crippen molar-refractivity contribution in [2.24, 2.45) is 17.6 Å². The number of fused-ring (bicyclic) bond motifs is 1. The van der Waals surface area contributed by atoms with E-state index >= 15 is 0 Å². The molecule has 1 saturated carbocycles. The summed E-state index contributed by atoms with van der Waals surface area (Å²) in [7, 11) is 0. The quantitative estimate of drug-likeness (QED) is 0.255. The fraction of sp³-hybridized carbons (Fsp3) is 0.344. The third kappa shape index (κ3) is 7.62. The number of rotatable bonds is 8. The Kier molecular flexibility index (Phi) is 10.1. The van der Waals surface area contributed by atoms with E-state index < -0.39 is 11.9 Å². The minimum absolute atomic E-state index is 0.0752. The maximum atomic E-state index is 13.8. The molecule has 1 aliphatic carbocycles. The van der Waals surface area contributed by atoms with Crippen LogP contribution >= 0.6 is 34.8 Å². The number of carbonyl (C=O) groups excluding carboxylic acids is 3. The third-order valence-corrected chi connectivity index (χ3v) is 8.84. The summed E-state index contributed by atoms with van der Waals surface area (Å²) in [5, 5.41) is 7.21. The molecule has 3 aromatic carbocycles. The van der Waals surface area contributed by atoms with Crippen molar-refractivity contribution in [3.8, 4) is 5.75 Å². The number of benzene rings is 3. The highest BCUT2D eigenvalue weighted by Crippen LogP contribution is 2.41. The second-order valence-electron chi connectivity index (χ2n) is 11.0. The molecule has 0 spiro atoms. The molecule has 8 nitrogen and oxygen atoms in total. The molecule has 0 saturated heterocycles. The maximum Gasteiger partial charge on any atom is 0.265 e. The SMILES string of the molecule is NCC1CCCC(CNC(=O)c2ccc3c(c2)NC(=O)CC(c2ccc(Cl)cc2Cl)N3C(=O)COc2ccc(Cl)cc2)C1. The number of nitrogens with one attached hydrogen (secondary N) is 2. The highest BCUT2D eigenvalue weighted by atomic mass is 35.5. The maximum absolute atomic E-state index is 13.8. The molecule has 5 rings (SSSR count). The lowest BCUT2D eigenvalue weighted by atomic mass is 9.81. The molecule has 3 aromatic rings. The number of nitrogens with zero attached hydrogens (tertiary/aromatic N) is 1. The van der Waals surface area contributed by atoms with Gasteiger partial charge in [0, 0.05) is 27.2 Å². The summed E-state index contributed by atoms with van der Waals surface area (Å²) >= 11 is 18.7. The molecule has 4 N–H and O–H groups in total. The van der Waals surface area contributed by atoms with Crippen molar-refractivity contribution < 1.29 is 19.1 Å². The lowest BCUT2D eigenvalue weighted by molar-refractivity contribution is -0.121. The Morgan fingerprint density at radius 1 is 0.977 bits per heavy atom. The van der Waals surface area contributed by atoms with Gasteiger partial charge in [0.05, 0.1) is 23.8 Å². The summed E-state index contributed by atoms with van der Waals surface area (Å²) in [6, 6.07) is 15.8. The molecule has 43 heavy (non-hydrogen) atoms. The molecule has 3 unspecified atom stereocenters. The minimum Gasteiger partial charge on any atom is -0.484 e. The zero-order chi connectivity index (χ0) is 30.5. The largest absolute Gasteiger partial charge is 0.484 e. The summed E-state index contributed by atoms with van der Waals surface area (Å²) in [6.07, 6.45) is 4.22. The van der Waals surface area contributed by atoms with Crippen molar-refractivity contribution in [1.82, 2.24) is 5.32 Å². The average Bonchev–Trinajstić information content (AvgIpc) is 3.14. The Morgan fingerprint density at radius 2 is 1.72 bits per heavy atom. The number of anilines is 2. The van der Waals surface area contributed by atoms with Crippen molar-refractivity contribution in [2.75, 3.05) is 29.9 Å². The van der Waals surface area contributed by atoms with Gasteiger partial charge >= 0.3 is 0 Å². The Balaban J connectivity index is 1.42. The first kappa shape index (κ1) is 31.1. The molecule has 1 aliphatic heterocycles. The topological polar surface area (TPSA) is 114 Å². The normalized spacial score (nSPS) is 20.0. The Labute approximate surface area is 265 Å². The van der Waals surface area contributed by atoms with Gasteiger partial charge in [0.15, 0.2) is 6.61 Å². The van der Waals surface area contributed by atoms with Crippen molar-refractivity contribution in [2.45, 2.75) is 38.1 Å². The van der Waals surface area contributed by atoms with E-state index in [9.17, 15) is 14.4 Å². The lowest BCUT2D eigenvalue weighted by Gasteiger charge is -2.31. The van der Waals surface area contributed by atoms with Crippen molar-refractivity contribution in [3.05, 3.63) is 86.9 Å². The fourth-order valence-electron chi connectivity index (χ4n) is 5.84. The predicted octanol–water partition coefficient (Wildman–Crippen LogP) is 6.64. The van der Waals surface area contributed by atoms with Crippen LogP contribution in [0.1, 0.15) is 54.1 Å². The lowest BCUT2D eigenvalue weighted by Crippen LogP contribution is -2.38. The smallest absolute Gasteiger partial charge is 0.265 e. The van der Waals surface area contributed by atoms with E-state index in [-0.39, 0.29) is 24.8 Å². The Bertz CT molecular complexity index is 1500. The van der Waals surface area contributed by atoms with Gasteiger partial charge < -0.3 is 21.1 Å². The van der Waals surface area contributed by atoms with Gasteiger partial charge in [-0.05, 0) is 97.8 Å². The van der Waals surface area contributed by atoms with E-state index in [4.69, 9.17) is 45.3 Å². The van der Waals surface area contributed by atoms with Crippen molar-refractivity contribution in [1.29, 1.82) is 0 Å². The van der Waals surface area contributed by atoms with Crippen LogP contribution in [0.2, 0.25) is 15.1 Å². The molecule has 1 heterocycles. The van der Waals surface area contributed by atoms with Gasteiger partial charge in [0.1, 0.15) is 5.75 Å². The zero-order valence-electron chi connectivity index (χ0n) is 23.5. The molecule has 3 amide bonds. The van der Waals surface area contributed by atoms with Crippen molar-refractivity contribution >= 4 is 63.9 Å². The van der Waals surface area contributed by atoms with Gasteiger partial charge in [-0.2, -0.15) is 0 Å². The first-order valence-corrected chi connectivity index (χ1v) is 15.4. The van der Waals surface area contributed by atoms with Gasteiger partial charge in [-0.1, -0.05) is 47.3 Å². The highest BCUT2D eigenvalue weighted by molar-refractivity contribution is 6.35. The zero-order valence-corrected chi connectivity index (χ0v) is 25.7. The van der Waals surface area contributed by atoms with Gasteiger partial charge in [-0.3, -0.25) is 19.3 Å². The van der Waals surface area contributed by atoms with Gasteiger partial charge in [-0.15, -0.1) is 0 Å². The molecule has 3 atom stereocenters. The van der Waals surface area contributed by atoms with Gasteiger partial charge in [0.2, 0.25) is 5.91 Å². The third-order valence-electron chi connectivity index (χ3n) is 8.02. The summed E-state index contributed by atoms with van der Waals surface area (Å²) in [5.41, 5.74) is 7.56. The molecule has 0 bridgehead atoms. The number of hydrogen-bond acceptors (Lipinski definition) is 5. The Morgan fingerprint density at radius 3 is 2.47 bits per heavy atom. The fourth-order valence-corrected chi connectivity index (χ4v) is 6.50. The standard InChI is InChI=1S/C32H33Cl3N4O4/c33-22-5-8-24(9-6-22)43-18-31(41)39-28-11-4-21(32(42)37-17-20-3-1-2-19(12-20)16-36)13-27(28)38-30(40)15-29(39)25-10-7-23(34)14-26(25)35/h4-11,13-14,19-20,29H,1-3,12,15-18,36H2,(H,37,42)(H,38,40). The molecule has 0 radical (unpaired) electrons. The van der Waals surface area contributed by atoms with Crippen LogP contribution in [0.15, 0.2) is 60.7 Å². The molecular formula is C32H33Cl3N4O4. The van der Waals surface area contributed by atoms with Gasteiger partial charge in [0.25, 0.3) is 11.8 Å². The molecule has 11 heteroatoms. The molecule has 226 valence electrons. The highest BCUT2D eigenvalue weighted by Gasteiger charge is 2.35. The first-order valence-electron chi connectivity index (χ1n) is 14.3. The van der Waals surface area contributed by atoms with Crippen LogP contribution in [0.5, 0.6) is 5.75 Å². The second kappa shape index (κ2) is 14.0. The molecule has 0 aromatic heterocycles. The van der Waals surface area contributed by atoms with E-state index in [2.05, 4.69) is 10.6 Å². The number of halogens is 3.